The Morgan fingerprint density at radius 2 is 1.63 bits per heavy atom. The first-order valence-electron chi connectivity index (χ1n) is 9.82. The minimum atomic E-state index is -0.364. The van der Waals surface area contributed by atoms with Crippen molar-refractivity contribution in [1.29, 1.82) is 0 Å². The lowest BCUT2D eigenvalue weighted by Gasteiger charge is -2.45. The van der Waals surface area contributed by atoms with E-state index in [1.54, 1.807) is 14.0 Å². The summed E-state index contributed by atoms with van der Waals surface area (Å²) in [6, 6.07) is 0.429. The van der Waals surface area contributed by atoms with Gasteiger partial charge in [0.2, 0.25) is 0 Å². The molecule has 0 heterocycles. The van der Waals surface area contributed by atoms with Crippen molar-refractivity contribution in [1.82, 2.24) is 0 Å². The molecule has 0 aromatic carbocycles. The number of carbonyl (C=O) groups excluding carboxylic acids is 2. The summed E-state index contributed by atoms with van der Waals surface area (Å²) < 4.78 is 9.35. The van der Waals surface area contributed by atoms with Crippen LogP contribution in [0.4, 0.5) is 0 Å². The molecule has 1 rings (SSSR count). The lowest BCUT2D eigenvalue weighted by Crippen LogP contribution is -2.41. The minimum absolute atomic E-state index is 0. The SMILES string of the molecule is C=C(C)C(=O)OCCOC.C=O.CCC.CCC1(C)CC(N)CC(C)(C)C1.[HH]. The van der Waals surface area contributed by atoms with Gasteiger partial charge in [-0.05, 0) is 37.0 Å². The van der Waals surface area contributed by atoms with Crippen LogP contribution in [0.25, 0.3) is 0 Å². The lowest BCUT2D eigenvalue weighted by molar-refractivity contribution is -0.140. The van der Waals surface area contributed by atoms with Crippen molar-refractivity contribution in [2.75, 3.05) is 20.3 Å². The monoisotopic (exact) mass is 389 g/mol. The Bertz CT molecular complexity index is 402. The zero-order chi connectivity index (χ0) is 22.1. The maximum atomic E-state index is 10.6. The number of hydrogen-bond acceptors (Lipinski definition) is 5. The Kier molecular flexibility index (Phi) is 19.1. The highest BCUT2D eigenvalue weighted by atomic mass is 16.6. The first-order valence-corrected chi connectivity index (χ1v) is 9.82. The quantitative estimate of drug-likeness (QED) is 0.399. The molecule has 5 nitrogen and oxygen atoms in total. The fraction of sp³-hybridized carbons (Fsp3) is 0.818. The van der Waals surface area contributed by atoms with E-state index in [0.29, 0.717) is 35.7 Å². The van der Waals surface area contributed by atoms with Crippen molar-refractivity contribution in [2.24, 2.45) is 16.6 Å². The molecule has 164 valence electrons. The molecule has 0 aliphatic heterocycles. The molecule has 2 N–H and O–H groups in total. The van der Waals surface area contributed by atoms with Crippen LogP contribution >= 0.6 is 0 Å². The summed E-state index contributed by atoms with van der Waals surface area (Å²) in [5.74, 6) is -0.364. The molecule has 1 fully saturated rings. The molecule has 27 heavy (non-hydrogen) atoms. The third-order valence-electron chi connectivity index (χ3n) is 4.20. The van der Waals surface area contributed by atoms with E-state index in [1.807, 2.05) is 6.79 Å². The molecular weight excluding hydrogens is 342 g/mol. The smallest absolute Gasteiger partial charge is 0.333 e. The van der Waals surface area contributed by atoms with Gasteiger partial charge in [-0.2, -0.15) is 0 Å². The Morgan fingerprint density at radius 1 is 1.15 bits per heavy atom. The van der Waals surface area contributed by atoms with Gasteiger partial charge in [0.25, 0.3) is 0 Å². The molecule has 1 saturated carbocycles. The van der Waals surface area contributed by atoms with Crippen molar-refractivity contribution in [3.05, 3.63) is 12.2 Å². The van der Waals surface area contributed by atoms with Gasteiger partial charge >= 0.3 is 5.97 Å². The predicted molar refractivity (Wildman–Crippen MR) is 117 cm³/mol. The van der Waals surface area contributed by atoms with Crippen molar-refractivity contribution < 1.29 is 20.5 Å². The van der Waals surface area contributed by atoms with Gasteiger partial charge in [-0.1, -0.05) is 61.0 Å². The predicted octanol–water partition coefficient (Wildman–Crippen LogP) is 5.17. The Hall–Kier alpha value is -1.20. The van der Waals surface area contributed by atoms with Gasteiger partial charge in [-0.15, -0.1) is 0 Å². The van der Waals surface area contributed by atoms with E-state index in [0.717, 1.165) is 0 Å². The minimum Gasteiger partial charge on any atom is -0.460 e. The van der Waals surface area contributed by atoms with Crippen LogP contribution in [0.5, 0.6) is 0 Å². The molecule has 0 aromatic heterocycles. The van der Waals surface area contributed by atoms with Crippen molar-refractivity contribution in [2.45, 2.75) is 86.6 Å². The number of hydrogen-bond donors (Lipinski definition) is 1. The van der Waals surface area contributed by atoms with Crippen molar-refractivity contribution >= 4 is 12.8 Å². The molecule has 1 aliphatic carbocycles. The van der Waals surface area contributed by atoms with Gasteiger partial charge in [0.15, 0.2) is 0 Å². The average molecular weight is 390 g/mol. The molecule has 0 amide bonds. The highest BCUT2D eigenvalue weighted by molar-refractivity contribution is 5.86. The van der Waals surface area contributed by atoms with Crippen molar-refractivity contribution in [3.63, 3.8) is 0 Å². The van der Waals surface area contributed by atoms with Crippen LogP contribution in [0, 0.1) is 10.8 Å². The van der Waals surface area contributed by atoms with Gasteiger partial charge in [0.1, 0.15) is 13.4 Å². The molecular formula is C22H47NO4. The third-order valence-corrected chi connectivity index (χ3v) is 4.20. The second kappa shape index (κ2) is 16.9. The second-order valence-electron chi connectivity index (χ2n) is 8.29. The van der Waals surface area contributed by atoms with Crippen LogP contribution in [0.3, 0.4) is 0 Å². The summed E-state index contributed by atoms with van der Waals surface area (Å²) in [5, 5.41) is 0. The molecule has 0 bridgehead atoms. The van der Waals surface area contributed by atoms with Gasteiger partial charge in [0, 0.05) is 20.2 Å². The van der Waals surface area contributed by atoms with Gasteiger partial charge in [-0.25, -0.2) is 4.79 Å². The van der Waals surface area contributed by atoms with Crippen LogP contribution in [0.1, 0.15) is 82.0 Å². The Morgan fingerprint density at radius 3 is 1.96 bits per heavy atom. The molecule has 2 atom stereocenters. The Labute approximate surface area is 169 Å². The van der Waals surface area contributed by atoms with E-state index >= 15 is 0 Å². The summed E-state index contributed by atoms with van der Waals surface area (Å²) >= 11 is 0. The summed E-state index contributed by atoms with van der Waals surface area (Å²) in [6.07, 6.45) is 6.27. The van der Waals surface area contributed by atoms with Crippen LogP contribution in [0.2, 0.25) is 0 Å². The fourth-order valence-electron chi connectivity index (χ4n) is 3.32. The van der Waals surface area contributed by atoms with E-state index in [4.69, 9.17) is 10.5 Å². The average Bonchev–Trinajstić information content (AvgIpc) is 2.56. The number of nitrogens with two attached hydrogens (primary N) is 1. The number of rotatable bonds is 5. The van der Waals surface area contributed by atoms with Gasteiger partial charge in [0.05, 0.1) is 6.61 Å². The normalized spacial score (nSPS) is 22.5. The van der Waals surface area contributed by atoms with Gasteiger partial charge in [-0.3, -0.25) is 0 Å². The first-order chi connectivity index (χ1) is 12.5. The van der Waals surface area contributed by atoms with Crippen molar-refractivity contribution in [3.8, 4) is 0 Å². The molecule has 1 aliphatic rings. The molecule has 0 spiro atoms. The zero-order valence-electron chi connectivity index (χ0n) is 19.2. The molecule has 0 radical (unpaired) electrons. The molecule has 0 aromatic rings. The highest BCUT2D eigenvalue weighted by Crippen LogP contribution is 2.47. The summed E-state index contributed by atoms with van der Waals surface area (Å²) in [4.78, 5) is 18.6. The highest BCUT2D eigenvalue weighted by Gasteiger charge is 2.38. The molecule has 0 saturated heterocycles. The summed E-state index contributed by atoms with van der Waals surface area (Å²) in [7, 11) is 1.55. The zero-order valence-corrected chi connectivity index (χ0v) is 19.2. The van der Waals surface area contributed by atoms with E-state index in [9.17, 15) is 4.79 Å². The summed E-state index contributed by atoms with van der Waals surface area (Å²) in [6.45, 7) is 21.4. The molecule has 5 heteroatoms. The number of esters is 1. The third kappa shape index (κ3) is 17.9. The van der Waals surface area contributed by atoms with E-state index < -0.39 is 0 Å². The van der Waals surface area contributed by atoms with E-state index in [2.05, 4.69) is 57.6 Å². The van der Waals surface area contributed by atoms with E-state index in [1.165, 1.54) is 32.1 Å². The maximum Gasteiger partial charge on any atom is 0.333 e. The largest absolute Gasteiger partial charge is 0.460 e. The van der Waals surface area contributed by atoms with Crippen LogP contribution in [0.15, 0.2) is 12.2 Å². The number of methoxy groups -OCH3 is 1. The molecule has 2 unspecified atom stereocenters. The second-order valence-corrected chi connectivity index (χ2v) is 8.29. The first kappa shape index (κ1) is 30.5. The number of ether oxygens (including phenoxy) is 2. The topological polar surface area (TPSA) is 78.6 Å². The maximum absolute atomic E-state index is 10.6. The van der Waals surface area contributed by atoms with Gasteiger partial charge < -0.3 is 20.0 Å². The Balaban J connectivity index is -0.000000164. The summed E-state index contributed by atoms with van der Waals surface area (Å²) in [5.41, 5.74) is 7.44. The van der Waals surface area contributed by atoms with Crippen LogP contribution < -0.4 is 5.73 Å². The lowest BCUT2D eigenvalue weighted by atomic mass is 9.62. The van der Waals surface area contributed by atoms with Crippen LogP contribution in [-0.2, 0) is 19.1 Å². The van der Waals surface area contributed by atoms with Crippen LogP contribution in [-0.4, -0.2) is 39.1 Å². The van der Waals surface area contributed by atoms with E-state index in [-0.39, 0.29) is 7.40 Å². The standard InChI is InChI=1S/C11H23N.C7H12O3.C3H8.CH2O.H2/c1-5-11(4)7-9(12)6-10(2,3)8-11;1-6(2)7(8)10-5-4-9-3;1-3-2;1-2;/h9H,5-8,12H2,1-4H3;1,4-5H2,2-3H3;3H2,1-2H3;1H2;1H. The fourth-order valence-corrected chi connectivity index (χ4v) is 3.32. The number of carbonyl (C=O) groups is 2.